The molecule has 1 N–H and O–H groups in total. The fraction of sp³-hybridized carbons (Fsp3) is 0.118. The van der Waals surface area contributed by atoms with E-state index in [4.69, 9.17) is 11.6 Å². The number of benzene rings is 2. The first kappa shape index (κ1) is 14.1. The maximum Gasteiger partial charge on any atom is 0.183 e. The summed E-state index contributed by atoms with van der Waals surface area (Å²) < 4.78 is 0. The molecule has 0 radical (unpaired) electrons. The predicted octanol–water partition coefficient (Wildman–Crippen LogP) is 5.38. The van der Waals surface area contributed by atoms with Crippen LogP contribution in [0, 0.1) is 6.92 Å². The molecule has 0 aliphatic carbocycles. The Morgan fingerprint density at radius 1 is 1.05 bits per heavy atom. The van der Waals surface area contributed by atoms with Crippen LogP contribution in [0.5, 0.6) is 0 Å². The van der Waals surface area contributed by atoms with E-state index in [0.717, 1.165) is 28.0 Å². The first-order valence-electron chi connectivity index (χ1n) is 6.73. The Hall–Kier alpha value is -1.84. The molecule has 0 saturated carbocycles. The first-order chi connectivity index (χ1) is 10.2. The van der Waals surface area contributed by atoms with Gasteiger partial charge < -0.3 is 5.32 Å². The van der Waals surface area contributed by atoms with Gasteiger partial charge in [0.2, 0.25) is 0 Å². The molecular formula is C17H15ClN2S. The molecule has 2 aromatic carbocycles. The van der Waals surface area contributed by atoms with Gasteiger partial charge in [0.15, 0.2) is 5.13 Å². The van der Waals surface area contributed by atoms with Gasteiger partial charge in [-0.05, 0) is 24.6 Å². The minimum atomic E-state index is 0.744. The third-order valence-corrected chi connectivity index (χ3v) is 4.38. The maximum absolute atomic E-state index is 5.93. The highest BCUT2D eigenvalue weighted by molar-refractivity contribution is 7.16. The summed E-state index contributed by atoms with van der Waals surface area (Å²) >= 11 is 7.61. The van der Waals surface area contributed by atoms with E-state index in [1.165, 1.54) is 10.4 Å². The molecule has 0 aliphatic rings. The van der Waals surface area contributed by atoms with Crippen LogP contribution < -0.4 is 5.32 Å². The van der Waals surface area contributed by atoms with Crippen molar-refractivity contribution < 1.29 is 0 Å². The van der Waals surface area contributed by atoms with Crippen LogP contribution in [0.2, 0.25) is 5.02 Å². The van der Waals surface area contributed by atoms with Gasteiger partial charge in [-0.25, -0.2) is 4.98 Å². The van der Waals surface area contributed by atoms with E-state index in [9.17, 15) is 0 Å². The zero-order valence-corrected chi connectivity index (χ0v) is 13.2. The summed E-state index contributed by atoms with van der Waals surface area (Å²) in [5, 5.41) is 5.07. The largest absolute Gasteiger partial charge is 0.357 e. The molecule has 1 aromatic heterocycles. The normalized spacial score (nSPS) is 10.6. The number of nitrogens with zero attached hydrogens (tertiary/aromatic N) is 1. The fourth-order valence-electron chi connectivity index (χ4n) is 2.12. The molecule has 0 fully saturated rings. The molecule has 0 spiro atoms. The topological polar surface area (TPSA) is 24.9 Å². The van der Waals surface area contributed by atoms with Crippen LogP contribution in [0.3, 0.4) is 0 Å². The Balaban J connectivity index is 1.76. The summed E-state index contributed by atoms with van der Waals surface area (Å²) in [7, 11) is 0. The van der Waals surface area contributed by atoms with E-state index < -0.39 is 0 Å². The molecule has 0 amide bonds. The van der Waals surface area contributed by atoms with E-state index in [0.29, 0.717) is 0 Å². The number of rotatable bonds is 4. The number of nitrogens with one attached hydrogen (secondary N) is 1. The van der Waals surface area contributed by atoms with E-state index in [2.05, 4.69) is 29.4 Å². The molecular weight excluding hydrogens is 300 g/mol. The first-order valence-corrected chi connectivity index (χ1v) is 7.93. The van der Waals surface area contributed by atoms with E-state index in [-0.39, 0.29) is 0 Å². The predicted molar refractivity (Wildman–Crippen MR) is 91.1 cm³/mol. The number of aryl methyl sites for hydroxylation is 1. The Bertz CT molecular complexity index is 720. The number of thiazole rings is 1. The lowest BCUT2D eigenvalue weighted by Gasteiger charge is -2.02. The lowest BCUT2D eigenvalue weighted by Crippen LogP contribution is -1.98. The van der Waals surface area contributed by atoms with Crippen LogP contribution in [0.15, 0.2) is 54.6 Å². The number of hydrogen-bond acceptors (Lipinski definition) is 3. The highest BCUT2D eigenvalue weighted by atomic mass is 35.5. The minimum absolute atomic E-state index is 0.744. The molecule has 0 unspecified atom stereocenters. The fourth-order valence-corrected chi connectivity index (χ4v) is 3.08. The Morgan fingerprint density at radius 3 is 2.48 bits per heavy atom. The smallest absolute Gasteiger partial charge is 0.183 e. The SMILES string of the molecule is Cc1sc(NCc2ccccc2)nc1-c1ccc(Cl)cc1. The average molecular weight is 315 g/mol. The van der Waals surface area contributed by atoms with Crippen molar-refractivity contribution in [3.05, 3.63) is 70.1 Å². The molecule has 0 saturated heterocycles. The number of halogens is 1. The van der Waals surface area contributed by atoms with Gasteiger partial charge in [-0.2, -0.15) is 0 Å². The van der Waals surface area contributed by atoms with Gasteiger partial charge in [-0.3, -0.25) is 0 Å². The summed E-state index contributed by atoms with van der Waals surface area (Å²) in [5.41, 5.74) is 3.37. The van der Waals surface area contributed by atoms with Crippen molar-refractivity contribution in [2.45, 2.75) is 13.5 Å². The van der Waals surface area contributed by atoms with E-state index in [1.54, 1.807) is 11.3 Å². The lowest BCUT2D eigenvalue weighted by atomic mass is 10.1. The number of hydrogen-bond donors (Lipinski definition) is 1. The van der Waals surface area contributed by atoms with Crippen molar-refractivity contribution in [2.75, 3.05) is 5.32 Å². The van der Waals surface area contributed by atoms with Crippen LogP contribution in [-0.4, -0.2) is 4.98 Å². The molecule has 0 bridgehead atoms. The Labute approximate surface area is 133 Å². The Morgan fingerprint density at radius 2 is 1.76 bits per heavy atom. The van der Waals surface area contributed by atoms with Gasteiger partial charge in [-0.1, -0.05) is 54.1 Å². The lowest BCUT2D eigenvalue weighted by molar-refractivity contribution is 1.13. The van der Waals surface area contributed by atoms with Crippen molar-refractivity contribution in [2.24, 2.45) is 0 Å². The summed E-state index contributed by atoms with van der Waals surface area (Å²) in [6.45, 7) is 2.88. The molecule has 3 rings (SSSR count). The molecule has 0 aliphatic heterocycles. The van der Waals surface area contributed by atoms with Gasteiger partial charge in [0, 0.05) is 22.0 Å². The van der Waals surface area contributed by atoms with Crippen LogP contribution >= 0.6 is 22.9 Å². The molecule has 4 heteroatoms. The standard InChI is InChI=1S/C17H15ClN2S/c1-12-16(14-7-9-15(18)10-8-14)20-17(21-12)19-11-13-5-3-2-4-6-13/h2-10H,11H2,1H3,(H,19,20). The summed E-state index contributed by atoms with van der Waals surface area (Å²) in [6.07, 6.45) is 0. The zero-order valence-electron chi connectivity index (χ0n) is 11.6. The highest BCUT2D eigenvalue weighted by Gasteiger charge is 2.09. The minimum Gasteiger partial charge on any atom is -0.357 e. The van der Waals surface area contributed by atoms with Crippen molar-refractivity contribution in [1.82, 2.24) is 4.98 Å². The summed E-state index contributed by atoms with van der Waals surface area (Å²) in [6, 6.07) is 18.1. The van der Waals surface area contributed by atoms with Gasteiger partial charge in [0.05, 0.1) is 5.69 Å². The third-order valence-electron chi connectivity index (χ3n) is 3.20. The molecule has 3 aromatic rings. The van der Waals surface area contributed by atoms with Gasteiger partial charge in [0.1, 0.15) is 0 Å². The van der Waals surface area contributed by atoms with E-state index >= 15 is 0 Å². The van der Waals surface area contributed by atoms with Crippen LogP contribution in [0.1, 0.15) is 10.4 Å². The van der Waals surface area contributed by atoms with Crippen molar-refractivity contribution in [3.8, 4) is 11.3 Å². The molecule has 106 valence electrons. The number of anilines is 1. The molecule has 0 atom stereocenters. The molecule has 2 nitrogen and oxygen atoms in total. The second-order valence-electron chi connectivity index (χ2n) is 4.77. The average Bonchev–Trinajstić information content (AvgIpc) is 2.88. The summed E-state index contributed by atoms with van der Waals surface area (Å²) in [5.74, 6) is 0. The summed E-state index contributed by atoms with van der Waals surface area (Å²) in [4.78, 5) is 5.89. The maximum atomic E-state index is 5.93. The van der Waals surface area contributed by atoms with E-state index in [1.807, 2.05) is 42.5 Å². The third kappa shape index (κ3) is 3.43. The monoisotopic (exact) mass is 314 g/mol. The van der Waals surface area contributed by atoms with Crippen molar-refractivity contribution in [1.29, 1.82) is 0 Å². The molecule has 21 heavy (non-hydrogen) atoms. The zero-order chi connectivity index (χ0) is 14.7. The van der Waals surface area contributed by atoms with Crippen LogP contribution in [0.25, 0.3) is 11.3 Å². The highest BCUT2D eigenvalue weighted by Crippen LogP contribution is 2.31. The second kappa shape index (κ2) is 6.29. The van der Waals surface area contributed by atoms with Crippen molar-refractivity contribution >= 4 is 28.1 Å². The Kier molecular flexibility index (Phi) is 4.23. The van der Waals surface area contributed by atoms with Crippen molar-refractivity contribution in [3.63, 3.8) is 0 Å². The van der Waals surface area contributed by atoms with Crippen LogP contribution in [-0.2, 0) is 6.54 Å². The van der Waals surface area contributed by atoms with Gasteiger partial charge >= 0.3 is 0 Å². The molecule has 1 heterocycles. The number of aromatic nitrogens is 1. The van der Waals surface area contributed by atoms with Gasteiger partial charge in [-0.15, -0.1) is 11.3 Å². The quantitative estimate of drug-likeness (QED) is 0.699. The van der Waals surface area contributed by atoms with Gasteiger partial charge in [0.25, 0.3) is 0 Å². The van der Waals surface area contributed by atoms with Crippen LogP contribution in [0.4, 0.5) is 5.13 Å². The second-order valence-corrected chi connectivity index (χ2v) is 6.41.